The fourth-order valence-corrected chi connectivity index (χ4v) is 4.32. The van der Waals surface area contributed by atoms with E-state index < -0.39 is 10.0 Å². The topological polar surface area (TPSA) is 75.7 Å². The van der Waals surface area contributed by atoms with E-state index in [2.05, 4.69) is 4.72 Å². The van der Waals surface area contributed by atoms with E-state index in [9.17, 15) is 13.2 Å². The van der Waals surface area contributed by atoms with Crippen LogP contribution in [-0.4, -0.2) is 50.7 Å². The van der Waals surface area contributed by atoms with Crippen LogP contribution >= 0.6 is 0 Å². The summed E-state index contributed by atoms with van der Waals surface area (Å²) in [4.78, 5) is 14.1. The van der Waals surface area contributed by atoms with Crippen LogP contribution in [0.1, 0.15) is 39.0 Å². The molecule has 0 atom stereocenters. The lowest BCUT2D eigenvalue weighted by atomic mass is 10.1. The molecule has 25 heavy (non-hydrogen) atoms. The van der Waals surface area contributed by atoms with Gasteiger partial charge in [-0.1, -0.05) is 25.1 Å². The molecule has 0 radical (unpaired) electrons. The Hall–Kier alpha value is -1.60. The van der Waals surface area contributed by atoms with Crippen molar-refractivity contribution in [2.24, 2.45) is 0 Å². The Balaban J connectivity index is 1.64. The van der Waals surface area contributed by atoms with Crippen molar-refractivity contribution in [1.29, 1.82) is 0 Å². The summed E-state index contributed by atoms with van der Waals surface area (Å²) >= 11 is 0. The van der Waals surface area contributed by atoms with E-state index in [0.29, 0.717) is 51.8 Å². The zero-order valence-corrected chi connectivity index (χ0v) is 15.6. The molecule has 1 aromatic carbocycles. The summed E-state index contributed by atoms with van der Waals surface area (Å²) in [5.41, 5.74) is 0. The van der Waals surface area contributed by atoms with Crippen LogP contribution in [0.4, 0.5) is 0 Å². The van der Waals surface area contributed by atoms with E-state index in [4.69, 9.17) is 4.74 Å². The van der Waals surface area contributed by atoms with Crippen molar-refractivity contribution in [3.8, 4) is 5.75 Å². The number of para-hydroxylation sites is 1. The maximum atomic E-state index is 12.2. The SMILES string of the molecule is CCCS(=O)(=O)NC1CCN(C(=O)CCCOc2ccccc2)CC1. The molecule has 0 unspecified atom stereocenters. The van der Waals surface area contributed by atoms with E-state index in [1.54, 1.807) is 0 Å². The van der Waals surface area contributed by atoms with Gasteiger partial charge in [0.25, 0.3) is 0 Å². The average Bonchev–Trinajstić information content (AvgIpc) is 2.59. The second kappa shape index (κ2) is 9.77. The highest BCUT2D eigenvalue weighted by atomic mass is 32.2. The molecule has 1 N–H and O–H groups in total. The van der Waals surface area contributed by atoms with Gasteiger partial charge in [-0.05, 0) is 37.8 Å². The Labute approximate surface area is 150 Å². The molecule has 140 valence electrons. The van der Waals surface area contributed by atoms with Gasteiger partial charge in [0, 0.05) is 25.6 Å². The predicted octanol–water partition coefficient (Wildman–Crippen LogP) is 2.17. The van der Waals surface area contributed by atoms with Crippen molar-refractivity contribution < 1.29 is 17.9 Å². The van der Waals surface area contributed by atoms with Gasteiger partial charge in [-0.15, -0.1) is 0 Å². The van der Waals surface area contributed by atoms with Gasteiger partial charge in [-0.2, -0.15) is 0 Å². The van der Waals surface area contributed by atoms with E-state index in [1.807, 2.05) is 42.2 Å². The van der Waals surface area contributed by atoms with Crippen molar-refractivity contribution in [2.75, 3.05) is 25.4 Å². The standard InChI is InChI=1S/C18H28N2O4S/c1-2-15-25(22,23)19-16-10-12-20(13-11-16)18(21)9-6-14-24-17-7-4-3-5-8-17/h3-5,7-8,16,19H,2,6,9-15H2,1H3. The molecule has 1 aliphatic heterocycles. The fourth-order valence-electron chi connectivity index (χ4n) is 2.92. The minimum atomic E-state index is -3.18. The zero-order chi connectivity index (χ0) is 18.1. The van der Waals surface area contributed by atoms with Crippen molar-refractivity contribution in [2.45, 2.75) is 45.1 Å². The van der Waals surface area contributed by atoms with Gasteiger partial charge in [-0.25, -0.2) is 13.1 Å². The molecular formula is C18H28N2O4S. The van der Waals surface area contributed by atoms with Gasteiger partial charge in [0.1, 0.15) is 5.75 Å². The normalized spacial score (nSPS) is 16.0. The Morgan fingerprint density at radius 3 is 2.56 bits per heavy atom. The fraction of sp³-hybridized carbons (Fsp3) is 0.611. The van der Waals surface area contributed by atoms with Crippen LogP contribution in [0.5, 0.6) is 5.75 Å². The average molecular weight is 368 g/mol. The molecule has 1 aromatic rings. The minimum absolute atomic E-state index is 0.0537. The largest absolute Gasteiger partial charge is 0.494 e. The monoisotopic (exact) mass is 368 g/mol. The van der Waals surface area contributed by atoms with Crippen molar-refractivity contribution in [3.05, 3.63) is 30.3 Å². The van der Waals surface area contributed by atoms with Crippen LogP contribution in [-0.2, 0) is 14.8 Å². The maximum Gasteiger partial charge on any atom is 0.222 e. The Morgan fingerprint density at radius 1 is 1.24 bits per heavy atom. The molecule has 0 aromatic heterocycles. The van der Waals surface area contributed by atoms with Crippen LogP contribution < -0.4 is 9.46 Å². The quantitative estimate of drug-likeness (QED) is 0.678. The first-order chi connectivity index (χ1) is 12.0. The highest BCUT2D eigenvalue weighted by molar-refractivity contribution is 7.89. The molecule has 0 bridgehead atoms. The zero-order valence-electron chi connectivity index (χ0n) is 14.8. The van der Waals surface area contributed by atoms with Crippen LogP contribution in [0.25, 0.3) is 0 Å². The molecule has 0 aliphatic carbocycles. The second-order valence-corrected chi connectivity index (χ2v) is 8.23. The van der Waals surface area contributed by atoms with Crippen molar-refractivity contribution in [3.63, 3.8) is 0 Å². The smallest absolute Gasteiger partial charge is 0.222 e. The number of carbonyl (C=O) groups is 1. The molecular weight excluding hydrogens is 340 g/mol. The number of rotatable bonds is 9. The molecule has 0 spiro atoms. The number of benzene rings is 1. The first-order valence-electron chi connectivity index (χ1n) is 8.96. The summed E-state index contributed by atoms with van der Waals surface area (Å²) in [6, 6.07) is 9.50. The number of hydrogen-bond donors (Lipinski definition) is 1. The number of ether oxygens (including phenoxy) is 1. The van der Waals surface area contributed by atoms with Crippen LogP contribution in [0.3, 0.4) is 0 Å². The van der Waals surface area contributed by atoms with E-state index in [1.165, 1.54) is 0 Å². The second-order valence-electron chi connectivity index (χ2n) is 6.36. The molecule has 1 fully saturated rings. The third-order valence-electron chi connectivity index (χ3n) is 4.21. The lowest BCUT2D eigenvalue weighted by molar-refractivity contribution is -0.132. The van der Waals surface area contributed by atoms with Crippen LogP contribution in [0, 0.1) is 0 Å². The molecule has 1 heterocycles. The number of sulfonamides is 1. The van der Waals surface area contributed by atoms with E-state index in [0.717, 1.165) is 5.75 Å². The van der Waals surface area contributed by atoms with E-state index in [-0.39, 0.29) is 17.7 Å². The van der Waals surface area contributed by atoms with Crippen molar-refractivity contribution in [1.82, 2.24) is 9.62 Å². The van der Waals surface area contributed by atoms with Crippen molar-refractivity contribution >= 4 is 15.9 Å². The predicted molar refractivity (Wildman–Crippen MR) is 98.0 cm³/mol. The Kier molecular flexibility index (Phi) is 7.71. The number of nitrogens with one attached hydrogen (secondary N) is 1. The Morgan fingerprint density at radius 2 is 1.92 bits per heavy atom. The summed E-state index contributed by atoms with van der Waals surface area (Å²) < 4.78 is 31.9. The van der Waals surface area contributed by atoms with Gasteiger partial charge >= 0.3 is 0 Å². The number of carbonyl (C=O) groups excluding carboxylic acids is 1. The van der Waals surface area contributed by atoms with Gasteiger partial charge in [0.2, 0.25) is 15.9 Å². The number of amides is 1. The molecule has 7 heteroatoms. The number of hydrogen-bond acceptors (Lipinski definition) is 4. The number of likely N-dealkylation sites (tertiary alicyclic amines) is 1. The summed E-state index contributed by atoms with van der Waals surface area (Å²) in [6.07, 6.45) is 3.10. The summed E-state index contributed by atoms with van der Waals surface area (Å²) in [6.45, 7) is 3.58. The third kappa shape index (κ3) is 7.04. The molecule has 1 saturated heterocycles. The maximum absolute atomic E-state index is 12.2. The van der Waals surface area contributed by atoms with Gasteiger partial charge in [0.15, 0.2) is 0 Å². The first-order valence-corrected chi connectivity index (χ1v) is 10.6. The molecule has 1 amide bonds. The highest BCUT2D eigenvalue weighted by Gasteiger charge is 2.25. The highest BCUT2D eigenvalue weighted by Crippen LogP contribution is 2.14. The van der Waals surface area contributed by atoms with Gasteiger partial charge in [0.05, 0.1) is 12.4 Å². The number of piperidine rings is 1. The summed E-state index contributed by atoms with van der Waals surface area (Å²) in [5.74, 6) is 1.09. The Bertz CT molecular complexity index is 626. The molecule has 6 nitrogen and oxygen atoms in total. The lowest BCUT2D eigenvalue weighted by Gasteiger charge is -2.32. The van der Waals surface area contributed by atoms with Gasteiger partial charge < -0.3 is 9.64 Å². The van der Waals surface area contributed by atoms with Crippen LogP contribution in [0.15, 0.2) is 30.3 Å². The van der Waals surface area contributed by atoms with Crippen LogP contribution in [0.2, 0.25) is 0 Å². The molecule has 2 rings (SSSR count). The van der Waals surface area contributed by atoms with Gasteiger partial charge in [-0.3, -0.25) is 4.79 Å². The summed E-state index contributed by atoms with van der Waals surface area (Å²) in [7, 11) is -3.18. The third-order valence-corrected chi connectivity index (χ3v) is 5.85. The molecule has 0 saturated carbocycles. The lowest BCUT2D eigenvalue weighted by Crippen LogP contribution is -2.46. The summed E-state index contributed by atoms with van der Waals surface area (Å²) in [5, 5.41) is 0. The first kappa shape index (κ1) is 19.7. The van der Waals surface area contributed by atoms with E-state index >= 15 is 0 Å². The number of nitrogens with zero attached hydrogens (tertiary/aromatic N) is 1. The minimum Gasteiger partial charge on any atom is -0.494 e. The molecule has 1 aliphatic rings.